The Hall–Kier alpha value is -1.66. The van der Waals surface area contributed by atoms with Gasteiger partial charge in [-0.05, 0) is 64.3 Å². The molecule has 0 unspecified atom stereocenters. The quantitative estimate of drug-likeness (QED) is 0.620. The first-order valence-corrected chi connectivity index (χ1v) is 9.44. The van der Waals surface area contributed by atoms with Crippen molar-refractivity contribution in [2.24, 2.45) is 0 Å². The molecule has 0 aliphatic carbocycles. The van der Waals surface area contributed by atoms with E-state index < -0.39 is 15.7 Å². The number of allylic oxidation sites excluding steroid dienone is 1. The maximum atomic E-state index is 12.7. The van der Waals surface area contributed by atoms with Gasteiger partial charge in [-0.25, -0.2) is 0 Å². The molecule has 0 saturated carbocycles. The lowest BCUT2D eigenvalue weighted by molar-refractivity contribution is -0.111. The second-order valence-electron chi connectivity index (χ2n) is 6.62. The van der Waals surface area contributed by atoms with Gasteiger partial charge in [0.1, 0.15) is 0 Å². The van der Waals surface area contributed by atoms with Gasteiger partial charge >= 0.3 is 0 Å². The van der Waals surface area contributed by atoms with E-state index in [1.54, 1.807) is 45.9 Å². The van der Waals surface area contributed by atoms with Crippen LogP contribution in [0.25, 0.3) is 0 Å². The summed E-state index contributed by atoms with van der Waals surface area (Å²) in [6.07, 6.45) is 4.30. The van der Waals surface area contributed by atoms with Gasteiger partial charge in [0, 0.05) is 5.69 Å². The standard InChI is InChI=1S/C18H27NO4S/c1-7-9-14-15(24(21,22)23-18(4,5)6)12-11-13(3)17(14)19-16(20)10-8-2/h8,10-12H,7,9H2,1-6H3,(H,19,20). The highest BCUT2D eigenvalue weighted by Gasteiger charge is 2.28. The van der Waals surface area contributed by atoms with Crippen LogP contribution in [0.2, 0.25) is 0 Å². The Labute approximate surface area is 145 Å². The number of rotatable bonds is 6. The van der Waals surface area contributed by atoms with Crippen molar-refractivity contribution in [3.05, 3.63) is 35.4 Å². The first kappa shape index (κ1) is 20.4. The molecule has 1 rings (SSSR count). The fourth-order valence-electron chi connectivity index (χ4n) is 2.34. The largest absolute Gasteiger partial charge is 0.322 e. The summed E-state index contributed by atoms with van der Waals surface area (Å²) in [5, 5.41) is 2.79. The molecule has 0 atom stereocenters. The number of amides is 1. The normalized spacial score (nSPS) is 12.6. The van der Waals surface area contributed by atoms with Crippen LogP contribution in [-0.2, 0) is 25.5 Å². The first-order chi connectivity index (χ1) is 11.0. The summed E-state index contributed by atoms with van der Waals surface area (Å²) in [5.41, 5.74) is 1.10. The van der Waals surface area contributed by atoms with Gasteiger partial charge in [0.25, 0.3) is 10.1 Å². The number of carbonyl (C=O) groups is 1. The Morgan fingerprint density at radius 3 is 2.42 bits per heavy atom. The Morgan fingerprint density at radius 2 is 1.92 bits per heavy atom. The summed E-state index contributed by atoms with van der Waals surface area (Å²) >= 11 is 0. The molecule has 0 spiro atoms. The molecule has 0 aliphatic rings. The molecule has 1 aromatic carbocycles. The molecule has 0 aromatic heterocycles. The topological polar surface area (TPSA) is 72.5 Å². The smallest absolute Gasteiger partial charge is 0.297 e. The second kappa shape index (κ2) is 7.94. The number of hydrogen-bond donors (Lipinski definition) is 1. The van der Waals surface area contributed by atoms with Crippen molar-refractivity contribution in [3.8, 4) is 0 Å². The summed E-state index contributed by atoms with van der Waals surface area (Å²) in [6, 6.07) is 3.23. The third kappa shape index (κ3) is 5.46. The van der Waals surface area contributed by atoms with E-state index in [1.807, 2.05) is 13.8 Å². The summed E-state index contributed by atoms with van der Waals surface area (Å²) < 4.78 is 30.6. The average molecular weight is 353 g/mol. The molecule has 6 heteroatoms. The van der Waals surface area contributed by atoms with E-state index in [2.05, 4.69) is 5.32 Å². The van der Waals surface area contributed by atoms with Crippen molar-refractivity contribution < 1.29 is 17.4 Å². The van der Waals surface area contributed by atoms with Gasteiger partial charge in [-0.2, -0.15) is 8.42 Å². The van der Waals surface area contributed by atoms with Crippen molar-refractivity contribution in [1.82, 2.24) is 0 Å². The molecular weight excluding hydrogens is 326 g/mol. The van der Waals surface area contributed by atoms with Crippen LogP contribution in [0.15, 0.2) is 29.2 Å². The van der Waals surface area contributed by atoms with E-state index in [-0.39, 0.29) is 10.8 Å². The molecular formula is C18H27NO4S. The molecule has 5 nitrogen and oxygen atoms in total. The maximum Gasteiger partial charge on any atom is 0.297 e. The minimum atomic E-state index is -3.93. The number of nitrogens with one attached hydrogen (secondary N) is 1. The Balaban J connectivity index is 3.49. The Bertz CT molecular complexity index is 728. The van der Waals surface area contributed by atoms with Crippen molar-refractivity contribution >= 4 is 21.7 Å². The number of benzene rings is 1. The Morgan fingerprint density at radius 1 is 1.29 bits per heavy atom. The van der Waals surface area contributed by atoms with E-state index >= 15 is 0 Å². The van der Waals surface area contributed by atoms with Crippen LogP contribution >= 0.6 is 0 Å². The first-order valence-electron chi connectivity index (χ1n) is 8.03. The monoisotopic (exact) mass is 353 g/mol. The number of carbonyl (C=O) groups excluding carboxylic acids is 1. The fourth-order valence-corrected chi connectivity index (χ4v) is 3.83. The molecule has 0 fully saturated rings. The molecule has 1 aromatic rings. The van der Waals surface area contributed by atoms with Crippen LogP contribution in [-0.4, -0.2) is 19.9 Å². The zero-order chi connectivity index (χ0) is 18.5. The van der Waals surface area contributed by atoms with Gasteiger partial charge < -0.3 is 5.32 Å². The average Bonchev–Trinajstić information content (AvgIpc) is 2.40. The molecule has 0 heterocycles. The van der Waals surface area contributed by atoms with Crippen LogP contribution in [0, 0.1) is 6.92 Å². The minimum absolute atomic E-state index is 0.112. The predicted molar refractivity (Wildman–Crippen MR) is 96.6 cm³/mol. The zero-order valence-electron chi connectivity index (χ0n) is 15.3. The number of anilines is 1. The van der Waals surface area contributed by atoms with E-state index in [4.69, 9.17) is 4.18 Å². The molecule has 1 N–H and O–H groups in total. The van der Waals surface area contributed by atoms with Crippen LogP contribution < -0.4 is 5.32 Å². The lowest BCUT2D eigenvalue weighted by Crippen LogP contribution is -2.25. The van der Waals surface area contributed by atoms with Gasteiger partial charge in [0.2, 0.25) is 5.91 Å². The lowest BCUT2D eigenvalue weighted by Gasteiger charge is -2.22. The van der Waals surface area contributed by atoms with E-state index in [0.29, 0.717) is 17.7 Å². The highest BCUT2D eigenvalue weighted by molar-refractivity contribution is 7.86. The van der Waals surface area contributed by atoms with Crippen molar-refractivity contribution in [2.45, 2.75) is 64.9 Å². The van der Waals surface area contributed by atoms with Crippen LogP contribution in [0.5, 0.6) is 0 Å². The SMILES string of the molecule is CC=CC(=O)Nc1c(C)ccc(S(=O)(=O)OC(C)(C)C)c1CCC. The van der Waals surface area contributed by atoms with Gasteiger partial charge in [0.15, 0.2) is 0 Å². The van der Waals surface area contributed by atoms with E-state index in [9.17, 15) is 13.2 Å². The van der Waals surface area contributed by atoms with E-state index in [0.717, 1.165) is 12.0 Å². The van der Waals surface area contributed by atoms with Crippen LogP contribution in [0.1, 0.15) is 52.2 Å². The molecule has 134 valence electrons. The summed E-state index contributed by atoms with van der Waals surface area (Å²) in [6.45, 7) is 10.6. The van der Waals surface area contributed by atoms with Crippen molar-refractivity contribution in [3.63, 3.8) is 0 Å². The summed E-state index contributed by atoms with van der Waals surface area (Å²) in [4.78, 5) is 12.0. The molecule has 0 aliphatic heterocycles. The van der Waals surface area contributed by atoms with Gasteiger partial charge in [-0.3, -0.25) is 8.98 Å². The van der Waals surface area contributed by atoms with Crippen LogP contribution in [0.3, 0.4) is 0 Å². The fraction of sp³-hybridized carbons (Fsp3) is 0.500. The number of hydrogen-bond acceptors (Lipinski definition) is 4. The van der Waals surface area contributed by atoms with Crippen LogP contribution in [0.4, 0.5) is 5.69 Å². The molecule has 24 heavy (non-hydrogen) atoms. The zero-order valence-corrected chi connectivity index (χ0v) is 16.1. The predicted octanol–water partition coefficient (Wildman–Crippen LogP) is 3.97. The summed E-state index contributed by atoms with van der Waals surface area (Å²) in [5.74, 6) is -0.288. The summed E-state index contributed by atoms with van der Waals surface area (Å²) in [7, 11) is -3.93. The third-order valence-electron chi connectivity index (χ3n) is 3.17. The highest BCUT2D eigenvalue weighted by Crippen LogP contribution is 2.31. The molecule has 0 saturated heterocycles. The second-order valence-corrected chi connectivity index (χ2v) is 8.14. The molecule has 0 bridgehead atoms. The molecule has 0 radical (unpaired) electrons. The molecule has 1 amide bonds. The van der Waals surface area contributed by atoms with Gasteiger partial charge in [-0.1, -0.05) is 25.5 Å². The van der Waals surface area contributed by atoms with Crippen molar-refractivity contribution in [2.75, 3.05) is 5.32 Å². The van der Waals surface area contributed by atoms with Crippen molar-refractivity contribution in [1.29, 1.82) is 0 Å². The van der Waals surface area contributed by atoms with E-state index in [1.165, 1.54) is 6.08 Å². The highest BCUT2D eigenvalue weighted by atomic mass is 32.2. The third-order valence-corrected chi connectivity index (χ3v) is 4.81. The maximum absolute atomic E-state index is 12.7. The Kier molecular flexibility index (Phi) is 6.75. The number of aryl methyl sites for hydroxylation is 1. The lowest BCUT2D eigenvalue weighted by atomic mass is 10.0. The van der Waals surface area contributed by atoms with Gasteiger partial charge in [-0.15, -0.1) is 0 Å². The minimum Gasteiger partial charge on any atom is -0.322 e. The van der Waals surface area contributed by atoms with Gasteiger partial charge in [0.05, 0.1) is 10.5 Å².